The first kappa shape index (κ1) is 15.5. The fraction of sp³-hybridized carbons (Fsp3) is 0.281. The Morgan fingerprint density at radius 2 is 1.75 bits per heavy atom. The van der Waals surface area contributed by atoms with E-state index in [1.165, 1.54) is 24.3 Å². The van der Waals surface area contributed by atoms with Crippen LogP contribution in [0.5, 0.6) is 0 Å². The number of carbonyl (C=O) groups is 3. The van der Waals surface area contributed by atoms with Crippen LogP contribution >= 0.6 is 0 Å². The Morgan fingerprint density at radius 1 is 1.05 bits per heavy atom. The number of likely N-dealkylation sites (N-methyl/N-ethyl adjacent to an activating group) is 2. The van der Waals surface area contributed by atoms with Crippen molar-refractivity contribution in [2.45, 2.75) is 6.42 Å². The van der Waals surface area contributed by atoms with Crippen LogP contribution in [0, 0.1) is 0 Å². The molecular weight excluding hydrogens is 504 g/mol. The van der Waals surface area contributed by atoms with E-state index in [4.69, 9.17) is 22.6 Å². The molecule has 0 atom stereocenters. The van der Waals surface area contributed by atoms with Gasteiger partial charge in [-0.15, -0.1) is 0 Å². The minimum absolute atomic E-state index is 0.00497. The second-order valence-corrected chi connectivity index (χ2v) is 8.83. The first-order valence-corrected chi connectivity index (χ1v) is 12.1. The maximum Gasteiger partial charge on any atom is 0.337 e. The summed E-state index contributed by atoms with van der Waals surface area (Å²) in [5.41, 5.74) is 0.871. The van der Waals surface area contributed by atoms with Crippen LogP contribution in [0.3, 0.4) is 0 Å². The SMILES string of the molecule is [2H]c1c([2H])c2c(c([2H])c1C(=O)OC)NC(=O)/C2=C(\Cc1ccc(N(C)C(=O)C([2H])([2H])N2C([2H])([2H])C([2H])([2H])N(C)C([2H])([2H])C2([2H])[2H])cc1)c1ccccc1. The standard InChI is InChI=1S/C32H34N4O4/c1-34-15-17-36(18-16-34)21-29(37)35(2)25-12-9-22(10-13-25)19-27(23-7-5-4-6-8-23)30-26-14-11-24(32(39)40-3)20-28(26)33-31(30)38/h4-14,20H,15-19,21H2,1-3H3,(H,33,38)/b30-27+/i11D,14D,15D2,16D2,17D2,18D2,20D,21D2. The smallest absolute Gasteiger partial charge is 0.337 e. The van der Waals surface area contributed by atoms with Crippen molar-refractivity contribution in [3.05, 3.63) is 95.0 Å². The Balaban J connectivity index is 1.53. The van der Waals surface area contributed by atoms with Gasteiger partial charge in [0.05, 0.1) is 31.6 Å². The maximum absolute atomic E-state index is 13.7. The van der Waals surface area contributed by atoms with Crippen LogP contribution in [0.4, 0.5) is 11.4 Å². The number of nitrogens with one attached hydrogen (secondary N) is 1. The van der Waals surface area contributed by atoms with Crippen LogP contribution in [0.15, 0.2) is 72.7 Å². The third-order valence-electron chi connectivity index (χ3n) is 6.22. The van der Waals surface area contributed by atoms with Crippen molar-refractivity contribution in [3.63, 3.8) is 0 Å². The van der Waals surface area contributed by atoms with Crippen molar-refractivity contribution >= 4 is 40.3 Å². The summed E-state index contributed by atoms with van der Waals surface area (Å²) in [6.45, 7) is -17.3. The number of rotatable bonds is 7. The molecule has 2 aliphatic heterocycles. The van der Waals surface area contributed by atoms with Gasteiger partial charge in [0, 0.05) is 60.9 Å². The van der Waals surface area contributed by atoms with Gasteiger partial charge in [-0.05, 0) is 54.4 Å². The van der Waals surface area contributed by atoms with Crippen molar-refractivity contribution in [2.75, 3.05) is 63.9 Å². The number of hydrogen-bond donors (Lipinski definition) is 1. The topological polar surface area (TPSA) is 82.2 Å². The molecule has 2 heterocycles. The van der Waals surface area contributed by atoms with Crippen LogP contribution in [0.25, 0.3) is 11.1 Å². The van der Waals surface area contributed by atoms with Crippen LogP contribution < -0.4 is 10.2 Å². The highest BCUT2D eigenvalue weighted by Gasteiger charge is 2.29. The van der Waals surface area contributed by atoms with Gasteiger partial charge in [0.25, 0.3) is 5.91 Å². The minimum atomic E-state index is -3.62. The van der Waals surface area contributed by atoms with Gasteiger partial charge < -0.3 is 19.9 Å². The summed E-state index contributed by atoms with van der Waals surface area (Å²) in [4.78, 5) is 40.2. The molecule has 0 saturated carbocycles. The number of ether oxygens (including phenoxy) is 1. The average Bonchev–Trinajstić information content (AvgIpc) is 3.45. The molecule has 0 aliphatic carbocycles. The monoisotopic (exact) mass is 551 g/mol. The van der Waals surface area contributed by atoms with Crippen molar-refractivity contribution < 1.29 is 36.9 Å². The number of esters is 1. The summed E-state index contributed by atoms with van der Waals surface area (Å²) in [5, 5.41) is 2.56. The molecule has 3 aromatic rings. The molecule has 8 heteroatoms. The first-order chi connectivity index (χ1) is 24.4. The highest BCUT2D eigenvalue weighted by atomic mass is 16.5. The molecule has 1 saturated heterocycles. The summed E-state index contributed by atoms with van der Waals surface area (Å²) in [7, 11) is 3.02. The van der Waals surface area contributed by atoms with E-state index in [2.05, 4.69) is 5.32 Å². The Kier molecular flexibility index (Phi) is 4.59. The molecule has 1 N–H and O–H groups in total. The number of amides is 2. The Labute approximate surface area is 253 Å². The van der Waals surface area contributed by atoms with E-state index in [0.29, 0.717) is 16.7 Å². The van der Waals surface area contributed by atoms with Crippen LogP contribution in [-0.2, 0) is 20.7 Å². The number of carbonyl (C=O) groups excluding carboxylic acids is 3. The van der Waals surface area contributed by atoms with E-state index in [1.54, 1.807) is 30.3 Å². The summed E-state index contributed by atoms with van der Waals surface area (Å²) >= 11 is 0. The van der Waals surface area contributed by atoms with Gasteiger partial charge >= 0.3 is 5.97 Å². The lowest BCUT2D eigenvalue weighted by atomic mass is 9.90. The highest BCUT2D eigenvalue weighted by molar-refractivity contribution is 6.37. The number of benzene rings is 3. The van der Waals surface area contributed by atoms with Gasteiger partial charge in [-0.25, -0.2) is 4.79 Å². The van der Waals surface area contributed by atoms with Gasteiger partial charge in [0.1, 0.15) is 0 Å². The Bertz CT molecular complexity index is 2010. The van der Waals surface area contributed by atoms with Gasteiger partial charge in [0.15, 0.2) is 0 Å². The van der Waals surface area contributed by atoms with Crippen molar-refractivity contribution in [1.82, 2.24) is 9.80 Å². The fourth-order valence-electron chi connectivity index (χ4n) is 4.13. The largest absolute Gasteiger partial charge is 0.465 e. The molecule has 0 unspecified atom stereocenters. The summed E-state index contributed by atoms with van der Waals surface area (Å²) in [6.07, 6.45) is 0.0235. The predicted molar refractivity (Wildman–Crippen MR) is 157 cm³/mol. The molecular formula is C32H34N4O4. The van der Waals surface area contributed by atoms with E-state index < -0.39 is 74.0 Å². The second-order valence-electron chi connectivity index (χ2n) is 8.83. The summed E-state index contributed by atoms with van der Waals surface area (Å²) in [5.74, 6) is -3.21. The highest BCUT2D eigenvalue weighted by Crippen LogP contribution is 2.39. The number of nitrogens with zero attached hydrogens (tertiary/aromatic N) is 3. The minimum Gasteiger partial charge on any atom is -0.465 e. The van der Waals surface area contributed by atoms with Gasteiger partial charge in [0.2, 0.25) is 5.91 Å². The van der Waals surface area contributed by atoms with Crippen molar-refractivity contribution in [1.29, 1.82) is 0 Å². The van der Waals surface area contributed by atoms with Crippen molar-refractivity contribution in [3.8, 4) is 0 Å². The zero-order valence-corrected chi connectivity index (χ0v) is 21.9. The lowest BCUT2D eigenvalue weighted by Crippen LogP contribution is -2.48. The molecule has 3 aromatic carbocycles. The van der Waals surface area contributed by atoms with Gasteiger partial charge in [-0.3, -0.25) is 14.5 Å². The fourth-order valence-corrected chi connectivity index (χ4v) is 4.13. The zero-order chi connectivity index (χ0) is 39.8. The molecule has 206 valence electrons. The van der Waals surface area contributed by atoms with Crippen LogP contribution in [0.1, 0.15) is 44.9 Å². The van der Waals surface area contributed by atoms with Crippen molar-refractivity contribution in [2.24, 2.45) is 0 Å². The quantitative estimate of drug-likeness (QED) is 0.356. The number of piperazine rings is 1. The number of methoxy groups -OCH3 is 1. The Hall–Kier alpha value is -4.27. The molecule has 8 nitrogen and oxygen atoms in total. The first-order valence-electron chi connectivity index (χ1n) is 18.6. The van der Waals surface area contributed by atoms with E-state index >= 15 is 0 Å². The van der Waals surface area contributed by atoms with E-state index in [9.17, 15) is 14.4 Å². The number of fused-ring (bicyclic) bond motifs is 1. The molecule has 0 radical (unpaired) electrons. The molecule has 2 amide bonds. The maximum atomic E-state index is 13.7. The van der Waals surface area contributed by atoms with Crippen LogP contribution in [0.2, 0.25) is 0 Å². The lowest BCUT2D eigenvalue weighted by molar-refractivity contribution is -0.119. The number of anilines is 2. The second kappa shape index (κ2) is 11.9. The molecule has 2 aliphatic rings. The predicted octanol–water partition coefficient (Wildman–Crippen LogP) is 3.79. The number of allylic oxidation sites excluding steroid dienone is 1. The molecule has 40 heavy (non-hydrogen) atoms. The molecule has 0 spiro atoms. The normalized spacial score (nSPS) is 26.9. The summed E-state index contributed by atoms with van der Waals surface area (Å²) < 4.78 is 114. The van der Waals surface area contributed by atoms with E-state index in [1.807, 2.05) is 0 Å². The summed E-state index contributed by atoms with van der Waals surface area (Å²) in [6, 6.07) is 12.9. The number of hydrogen-bond acceptors (Lipinski definition) is 6. The lowest BCUT2D eigenvalue weighted by Gasteiger charge is -2.32. The molecule has 0 aromatic heterocycles. The van der Waals surface area contributed by atoms with E-state index in [-0.39, 0.29) is 38.7 Å². The van der Waals surface area contributed by atoms with Crippen LogP contribution in [-0.4, -0.2) is 81.3 Å². The third-order valence-corrected chi connectivity index (χ3v) is 6.22. The van der Waals surface area contributed by atoms with Gasteiger partial charge in [-0.1, -0.05) is 48.5 Å². The Morgan fingerprint density at radius 3 is 2.42 bits per heavy atom. The molecule has 1 fully saturated rings. The van der Waals surface area contributed by atoms with E-state index in [0.717, 1.165) is 26.1 Å². The average molecular weight is 552 g/mol. The third kappa shape index (κ3) is 5.83. The zero-order valence-electron chi connectivity index (χ0n) is 34.9. The van der Waals surface area contributed by atoms with Gasteiger partial charge in [-0.2, -0.15) is 0 Å². The molecule has 5 rings (SSSR count). The molecule has 0 bridgehead atoms.